The standard InChI is InChI=1S/C9H3F6N.C8H4F3N/c10-8(11,12)6-1-5(4-16)2-7(3-6)9(13,14)15;9-8(10,11)7-4-2-1-3-6(7)5-12/h1-3H;1-4H. The fraction of sp³-hybridized carbons (Fsp3) is 0.176. The van der Waals surface area contributed by atoms with E-state index in [1.807, 2.05) is 0 Å². The fourth-order valence-corrected chi connectivity index (χ4v) is 1.85. The Kier molecular flexibility index (Phi) is 6.70. The normalized spacial score (nSPS) is 11.7. The van der Waals surface area contributed by atoms with Crippen molar-refractivity contribution in [3.05, 3.63) is 70.3 Å². The molecule has 0 saturated heterocycles. The molecular formula is C17H7F9N2. The van der Waals surface area contributed by atoms with E-state index < -0.39 is 40.8 Å². The maximum absolute atomic E-state index is 12.2. The van der Waals surface area contributed by atoms with Crippen LogP contribution in [-0.4, -0.2) is 0 Å². The van der Waals surface area contributed by atoms with Crippen LogP contribution in [0.25, 0.3) is 0 Å². The summed E-state index contributed by atoms with van der Waals surface area (Å²) >= 11 is 0. The predicted octanol–water partition coefficient (Wildman–Crippen LogP) is 6.17. The van der Waals surface area contributed by atoms with Gasteiger partial charge in [-0.25, -0.2) is 0 Å². The highest BCUT2D eigenvalue weighted by atomic mass is 19.4. The van der Waals surface area contributed by atoms with Gasteiger partial charge in [0.1, 0.15) is 0 Å². The monoisotopic (exact) mass is 410 g/mol. The summed E-state index contributed by atoms with van der Waals surface area (Å²) in [7, 11) is 0. The molecule has 11 heteroatoms. The minimum Gasteiger partial charge on any atom is -0.192 e. The van der Waals surface area contributed by atoms with Crippen LogP contribution in [0.5, 0.6) is 0 Å². The van der Waals surface area contributed by atoms with E-state index in [4.69, 9.17) is 10.5 Å². The van der Waals surface area contributed by atoms with Gasteiger partial charge in [-0.1, -0.05) is 12.1 Å². The van der Waals surface area contributed by atoms with Gasteiger partial charge in [-0.15, -0.1) is 0 Å². The van der Waals surface area contributed by atoms with Gasteiger partial charge in [-0.3, -0.25) is 0 Å². The molecule has 0 atom stereocenters. The molecule has 0 aliphatic rings. The minimum atomic E-state index is -4.91. The first-order valence-electron chi connectivity index (χ1n) is 6.96. The van der Waals surface area contributed by atoms with E-state index in [0.29, 0.717) is 12.1 Å². The quantitative estimate of drug-likeness (QED) is 0.488. The Labute approximate surface area is 152 Å². The number of alkyl halides is 9. The zero-order valence-electron chi connectivity index (χ0n) is 13.3. The lowest BCUT2D eigenvalue weighted by Crippen LogP contribution is -2.11. The predicted molar refractivity (Wildman–Crippen MR) is 77.3 cm³/mol. The number of nitrogens with zero attached hydrogens (tertiary/aromatic N) is 2. The summed E-state index contributed by atoms with van der Waals surface area (Å²) in [5.41, 5.74) is -4.88. The molecule has 2 aromatic rings. The molecule has 0 aromatic heterocycles. The molecule has 0 aliphatic carbocycles. The van der Waals surface area contributed by atoms with Crippen molar-refractivity contribution in [3.63, 3.8) is 0 Å². The third-order valence-corrected chi connectivity index (χ3v) is 3.07. The van der Waals surface area contributed by atoms with Gasteiger partial charge in [0.05, 0.1) is 40.0 Å². The highest BCUT2D eigenvalue weighted by molar-refractivity contribution is 5.40. The van der Waals surface area contributed by atoms with Gasteiger partial charge >= 0.3 is 18.5 Å². The third-order valence-electron chi connectivity index (χ3n) is 3.07. The molecule has 0 saturated carbocycles. The van der Waals surface area contributed by atoms with Gasteiger partial charge in [-0.2, -0.15) is 50.0 Å². The Morgan fingerprint density at radius 2 is 1.07 bits per heavy atom. The molecule has 2 nitrogen and oxygen atoms in total. The van der Waals surface area contributed by atoms with Gasteiger partial charge < -0.3 is 0 Å². The summed E-state index contributed by atoms with van der Waals surface area (Å²) in [6, 6.07) is 8.13. The smallest absolute Gasteiger partial charge is 0.192 e. The second-order valence-electron chi connectivity index (χ2n) is 5.06. The van der Waals surface area contributed by atoms with Crippen molar-refractivity contribution in [1.29, 1.82) is 10.5 Å². The molecule has 0 heterocycles. The number of benzene rings is 2. The zero-order valence-corrected chi connectivity index (χ0v) is 13.3. The molecule has 0 aliphatic heterocycles. The van der Waals surface area contributed by atoms with Crippen LogP contribution >= 0.6 is 0 Å². The molecule has 148 valence electrons. The summed E-state index contributed by atoms with van der Waals surface area (Å²) in [6.45, 7) is 0. The third kappa shape index (κ3) is 6.20. The van der Waals surface area contributed by atoms with E-state index in [-0.39, 0.29) is 11.6 Å². The van der Waals surface area contributed by atoms with Crippen LogP contribution < -0.4 is 0 Å². The van der Waals surface area contributed by atoms with Crippen LogP contribution in [0.15, 0.2) is 42.5 Å². The second kappa shape index (κ2) is 8.21. The average molecular weight is 410 g/mol. The van der Waals surface area contributed by atoms with Crippen molar-refractivity contribution >= 4 is 0 Å². The lowest BCUT2D eigenvalue weighted by molar-refractivity contribution is -0.143. The number of hydrogen-bond donors (Lipinski definition) is 0. The highest BCUT2D eigenvalue weighted by Gasteiger charge is 2.37. The lowest BCUT2D eigenvalue weighted by atomic mass is 10.1. The maximum Gasteiger partial charge on any atom is 0.417 e. The molecule has 0 unspecified atom stereocenters. The van der Waals surface area contributed by atoms with Crippen LogP contribution in [0.3, 0.4) is 0 Å². The summed E-state index contributed by atoms with van der Waals surface area (Å²) in [5.74, 6) is 0. The molecule has 0 N–H and O–H groups in total. The Morgan fingerprint density at radius 3 is 1.39 bits per heavy atom. The fourth-order valence-electron chi connectivity index (χ4n) is 1.85. The molecule has 0 amide bonds. The second-order valence-corrected chi connectivity index (χ2v) is 5.06. The summed E-state index contributed by atoms with van der Waals surface area (Å²) in [5, 5.41) is 16.7. The van der Waals surface area contributed by atoms with E-state index >= 15 is 0 Å². The van der Waals surface area contributed by atoms with Crippen molar-refractivity contribution in [2.24, 2.45) is 0 Å². The number of hydrogen-bond acceptors (Lipinski definition) is 2. The first-order valence-corrected chi connectivity index (χ1v) is 6.96. The van der Waals surface area contributed by atoms with Gasteiger partial charge in [0.25, 0.3) is 0 Å². The van der Waals surface area contributed by atoms with Crippen LogP contribution in [0.1, 0.15) is 27.8 Å². The number of rotatable bonds is 0. The molecule has 0 fully saturated rings. The zero-order chi connectivity index (χ0) is 21.8. The van der Waals surface area contributed by atoms with Crippen molar-refractivity contribution in [2.75, 3.05) is 0 Å². The molecule has 2 aromatic carbocycles. The number of nitriles is 2. The van der Waals surface area contributed by atoms with Crippen molar-refractivity contribution in [3.8, 4) is 12.1 Å². The largest absolute Gasteiger partial charge is 0.417 e. The van der Waals surface area contributed by atoms with Gasteiger partial charge in [0.15, 0.2) is 0 Å². The first-order chi connectivity index (χ1) is 12.7. The SMILES string of the molecule is N#Cc1cc(C(F)(F)F)cc(C(F)(F)F)c1.N#Cc1ccccc1C(F)(F)F. The molecule has 28 heavy (non-hydrogen) atoms. The topological polar surface area (TPSA) is 47.6 Å². The van der Waals surface area contributed by atoms with Gasteiger partial charge in [0.2, 0.25) is 0 Å². The van der Waals surface area contributed by atoms with Crippen molar-refractivity contribution in [1.82, 2.24) is 0 Å². The van der Waals surface area contributed by atoms with Crippen molar-refractivity contribution < 1.29 is 39.5 Å². The molecular weight excluding hydrogens is 403 g/mol. The minimum absolute atomic E-state index is 0.0269. The van der Waals surface area contributed by atoms with Crippen molar-refractivity contribution in [2.45, 2.75) is 18.5 Å². The molecule has 0 bridgehead atoms. The van der Waals surface area contributed by atoms with Crippen LogP contribution in [0, 0.1) is 22.7 Å². The Hall–Kier alpha value is -3.21. The van der Waals surface area contributed by atoms with Crippen LogP contribution in [0.4, 0.5) is 39.5 Å². The van der Waals surface area contributed by atoms with E-state index in [0.717, 1.165) is 12.1 Å². The van der Waals surface area contributed by atoms with E-state index in [9.17, 15) is 39.5 Å². The highest BCUT2D eigenvalue weighted by Crippen LogP contribution is 2.36. The average Bonchev–Trinajstić information content (AvgIpc) is 2.59. The van der Waals surface area contributed by atoms with Gasteiger partial charge in [0, 0.05) is 0 Å². The Bertz CT molecular complexity index is 878. The van der Waals surface area contributed by atoms with Crippen LogP contribution in [-0.2, 0) is 18.5 Å². The van der Waals surface area contributed by atoms with E-state index in [2.05, 4.69) is 0 Å². The molecule has 2 rings (SSSR count). The van der Waals surface area contributed by atoms with E-state index in [1.54, 1.807) is 0 Å². The van der Waals surface area contributed by atoms with Crippen LogP contribution in [0.2, 0.25) is 0 Å². The Morgan fingerprint density at radius 1 is 0.607 bits per heavy atom. The molecule has 0 spiro atoms. The summed E-state index contributed by atoms with van der Waals surface area (Å²) in [4.78, 5) is 0. The summed E-state index contributed by atoms with van der Waals surface area (Å²) < 4.78 is 109. The maximum atomic E-state index is 12.2. The van der Waals surface area contributed by atoms with Gasteiger partial charge in [-0.05, 0) is 30.3 Å². The van der Waals surface area contributed by atoms with E-state index in [1.165, 1.54) is 24.3 Å². The molecule has 0 radical (unpaired) electrons. The summed E-state index contributed by atoms with van der Waals surface area (Å²) in [6.07, 6.45) is -14.3. The first kappa shape index (κ1) is 22.8. The number of halogens is 9. The lowest BCUT2D eigenvalue weighted by Gasteiger charge is -2.11. The Balaban J connectivity index is 0.000000292.